The quantitative estimate of drug-likeness (QED) is 0.626. The van der Waals surface area contributed by atoms with Gasteiger partial charge in [-0.05, 0) is 31.1 Å². The van der Waals surface area contributed by atoms with Crippen LogP contribution in [0.4, 0.5) is 0 Å². The zero-order valence-corrected chi connectivity index (χ0v) is 6.62. The Morgan fingerprint density at radius 1 is 1.18 bits per heavy atom. The lowest BCUT2D eigenvalue weighted by Gasteiger charge is -2.12. The minimum Gasteiger partial charge on any atom is -0.481 e. The fraction of sp³-hybridized carbons (Fsp3) is 0.889. The molecule has 2 aliphatic rings. The predicted octanol–water partition coefficient (Wildman–Crippen LogP) is 1.90. The summed E-state index contributed by atoms with van der Waals surface area (Å²) in [7, 11) is 0. The molecule has 2 nitrogen and oxygen atoms in total. The topological polar surface area (TPSA) is 37.3 Å². The third kappa shape index (κ3) is 1.05. The van der Waals surface area contributed by atoms with Gasteiger partial charge < -0.3 is 5.11 Å². The van der Waals surface area contributed by atoms with Crippen LogP contribution in [0.5, 0.6) is 0 Å². The molecule has 62 valence electrons. The summed E-state index contributed by atoms with van der Waals surface area (Å²) in [5.74, 6) is 0.741. The van der Waals surface area contributed by atoms with Crippen LogP contribution >= 0.6 is 0 Å². The van der Waals surface area contributed by atoms with Crippen molar-refractivity contribution in [2.24, 2.45) is 17.8 Å². The van der Waals surface area contributed by atoms with Crippen molar-refractivity contribution < 1.29 is 9.90 Å². The molecule has 11 heavy (non-hydrogen) atoms. The Hall–Kier alpha value is -0.530. The lowest BCUT2D eigenvalue weighted by molar-refractivity contribution is -0.143. The third-order valence-electron chi connectivity index (χ3n) is 3.40. The van der Waals surface area contributed by atoms with Gasteiger partial charge >= 0.3 is 5.97 Å². The van der Waals surface area contributed by atoms with E-state index in [4.69, 9.17) is 5.11 Å². The lowest BCUT2D eigenvalue weighted by Crippen LogP contribution is -2.18. The number of rotatable bonds is 1. The van der Waals surface area contributed by atoms with Crippen LogP contribution in [0.25, 0.3) is 0 Å². The van der Waals surface area contributed by atoms with Gasteiger partial charge in [0.25, 0.3) is 0 Å². The van der Waals surface area contributed by atoms with E-state index in [-0.39, 0.29) is 5.92 Å². The van der Waals surface area contributed by atoms with E-state index in [1.54, 1.807) is 0 Å². The van der Waals surface area contributed by atoms with Gasteiger partial charge in [-0.25, -0.2) is 0 Å². The van der Waals surface area contributed by atoms with Gasteiger partial charge in [0, 0.05) is 0 Å². The average molecular weight is 154 g/mol. The van der Waals surface area contributed by atoms with Crippen molar-refractivity contribution >= 4 is 5.97 Å². The summed E-state index contributed by atoms with van der Waals surface area (Å²) < 4.78 is 0. The summed E-state index contributed by atoms with van der Waals surface area (Å²) in [6.45, 7) is 0. The van der Waals surface area contributed by atoms with E-state index in [1.165, 1.54) is 25.7 Å². The molecule has 0 aromatic carbocycles. The molecule has 0 aromatic heterocycles. The van der Waals surface area contributed by atoms with Gasteiger partial charge in [-0.3, -0.25) is 4.79 Å². The highest BCUT2D eigenvalue weighted by atomic mass is 16.4. The third-order valence-corrected chi connectivity index (χ3v) is 3.40. The molecule has 0 bridgehead atoms. The Balaban J connectivity index is 2.08. The maximum absolute atomic E-state index is 10.7. The standard InChI is InChI=1S/C9H14O2/c10-9(11)8-5-4-6-2-1-3-7(6)8/h6-8H,1-5H2,(H,10,11)/t6-,7-,8-/m1/s1. The number of fused-ring (bicyclic) bond motifs is 1. The molecule has 0 saturated heterocycles. The zero-order chi connectivity index (χ0) is 7.84. The van der Waals surface area contributed by atoms with Crippen LogP contribution in [0.1, 0.15) is 32.1 Å². The first kappa shape index (κ1) is 7.14. The summed E-state index contributed by atoms with van der Waals surface area (Å²) in [6, 6.07) is 0. The first-order valence-electron chi connectivity index (χ1n) is 4.52. The molecular formula is C9H14O2. The number of aliphatic carboxylic acids is 1. The maximum Gasteiger partial charge on any atom is 0.306 e. The van der Waals surface area contributed by atoms with Gasteiger partial charge in [0.1, 0.15) is 0 Å². The first-order valence-corrected chi connectivity index (χ1v) is 4.52. The average Bonchev–Trinajstić information content (AvgIpc) is 2.41. The first-order chi connectivity index (χ1) is 5.29. The van der Waals surface area contributed by atoms with E-state index in [9.17, 15) is 4.79 Å². The van der Waals surface area contributed by atoms with Crippen molar-refractivity contribution in [1.29, 1.82) is 0 Å². The van der Waals surface area contributed by atoms with Gasteiger partial charge in [0.05, 0.1) is 5.92 Å². The van der Waals surface area contributed by atoms with Gasteiger partial charge in [0.2, 0.25) is 0 Å². The van der Waals surface area contributed by atoms with Crippen LogP contribution in [0.2, 0.25) is 0 Å². The van der Waals surface area contributed by atoms with Crippen molar-refractivity contribution in [2.75, 3.05) is 0 Å². The summed E-state index contributed by atoms with van der Waals surface area (Å²) in [4.78, 5) is 10.7. The van der Waals surface area contributed by atoms with Crippen LogP contribution in [-0.2, 0) is 4.79 Å². The van der Waals surface area contributed by atoms with E-state index in [2.05, 4.69) is 0 Å². The van der Waals surface area contributed by atoms with Gasteiger partial charge in [0.15, 0.2) is 0 Å². The fourth-order valence-corrected chi connectivity index (χ4v) is 2.87. The molecule has 0 spiro atoms. The molecule has 0 heterocycles. The van der Waals surface area contributed by atoms with Crippen LogP contribution in [-0.4, -0.2) is 11.1 Å². The molecule has 2 heteroatoms. The number of hydrogen-bond acceptors (Lipinski definition) is 1. The molecule has 3 atom stereocenters. The maximum atomic E-state index is 10.7. The second-order valence-electron chi connectivity index (χ2n) is 3.88. The van der Waals surface area contributed by atoms with Gasteiger partial charge in [-0.1, -0.05) is 12.8 Å². The fourth-order valence-electron chi connectivity index (χ4n) is 2.87. The normalized spacial score (nSPS) is 42.4. The van der Waals surface area contributed by atoms with Crippen molar-refractivity contribution in [2.45, 2.75) is 32.1 Å². The minimum absolute atomic E-state index is 0.00231. The van der Waals surface area contributed by atoms with Crippen LogP contribution in [0.15, 0.2) is 0 Å². The van der Waals surface area contributed by atoms with Crippen LogP contribution in [0, 0.1) is 17.8 Å². The van der Waals surface area contributed by atoms with Gasteiger partial charge in [-0.2, -0.15) is 0 Å². The monoisotopic (exact) mass is 154 g/mol. The Morgan fingerprint density at radius 3 is 2.73 bits per heavy atom. The Labute approximate surface area is 66.6 Å². The highest BCUT2D eigenvalue weighted by Gasteiger charge is 2.42. The highest BCUT2D eigenvalue weighted by Crippen LogP contribution is 2.47. The second-order valence-corrected chi connectivity index (χ2v) is 3.88. The van der Waals surface area contributed by atoms with Crippen molar-refractivity contribution in [3.8, 4) is 0 Å². The van der Waals surface area contributed by atoms with Gasteiger partial charge in [-0.15, -0.1) is 0 Å². The lowest BCUT2D eigenvalue weighted by atomic mass is 9.92. The summed E-state index contributed by atoms with van der Waals surface area (Å²) in [6.07, 6.45) is 5.82. The minimum atomic E-state index is -0.556. The van der Waals surface area contributed by atoms with E-state index < -0.39 is 5.97 Å². The van der Waals surface area contributed by atoms with Crippen LogP contribution < -0.4 is 0 Å². The Morgan fingerprint density at radius 2 is 2.00 bits per heavy atom. The molecule has 1 N–H and O–H groups in total. The molecule has 0 radical (unpaired) electrons. The summed E-state index contributed by atoms with van der Waals surface area (Å²) >= 11 is 0. The predicted molar refractivity (Wildman–Crippen MR) is 41.2 cm³/mol. The number of carboxylic acids is 1. The molecule has 2 rings (SSSR count). The van der Waals surface area contributed by atoms with E-state index in [0.29, 0.717) is 5.92 Å². The number of carbonyl (C=O) groups is 1. The summed E-state index contributed by atoms with van der Waals surface area (Å²) in [5, 5.41) is 8.86. The number of carboxylic acid groups (broad SMARTS) is 1. The summed E-state index contributed by atoms with van der Waals surface area (Å²) in [5.41, 5.74) is 0. The largest absolute Gasteiger partial charge is 0.481 e. The van der Waals surface area contributed by atoms with Crippen molar-refractivity contribution in [1.82, 2.24) is 0 Å². The second kappa shape index (κ2) is 2.50. The molecule has 2 aliphatic carbocycles. The van der Waals surface area contributed by atoms with E-state index in [1.807, 2.05) is 0 Å². The molecule has 2 saturated carbocycles. The number of hydrogen-bond donors (Lipinski definition) is 1. The molecule has 0 aromatic rings. The Bertz CT molecular complexity index is 176. The molecule has 0 aliphatic heterocycles. The van der Waals surface area contributed by atoms with Crippen molar-refractivity contribution in [3.05, 3.63) is 0 Å². The Kier molecular flexibility index (Phi) is 1.63. The smallest absolute Gasteiger partial charge is 0.306 e. The van der Waals surface area contributed by atoms with E-state index >= 15 is 0 Å². The molecule has 2 fully saturated rings. The van der Waals surface area contributed by atoms with E-state index in [0.717, 1.165) is 12.3 Å². The van der Waals surface area contributed by atoms with Crippen LogP contribution in [0.3, 0.4) is 0 Å². The SMILES string of the molecule is O=C(O)[C@@H]1CC[C@H]2CCC[C@H]21. The van der Waals surface area contributed by atoms with Crippen molar-refractivity contribution in [3.63, 3.8) is 0 Å². The highest BCUT2D eigenvalue weighted by molar-refractivity contribution is 5.70. The zero-order valence-electron chi connectivity index (χ0n) is 6.62. The molecule has 0 amide bonds. The molecule has 0 unspecified atom stereocenters. The molecular weight excluding hydrogens is 140 g/mol.